The van der Waals surface area contributed by atoms with Crippen molar-refractivity contribution in [3.63, 3.8) is 0 Å². The maximum atomic E-state index is 3.62. The second-order valence-electron chi connectivity index (χ2n) is 5.04. The summed E-state index contributed by atoms with van der Waals surface area (Å²) in [6.07, 6.45) is 10.3. The van der Waals surface area contributed by atoms with Gasteiger partial charge in [0.15, 0.2) is 0 Å². The van der Waals surface area contributed by atoms with Crippen LogP contribution >= 0.6 is 0 Å². The Kier molecular flexibility index (Phi) is 2.92. The second kappa shape index (κ2) is 4.00. The zero-order valence-electron chi connectivity index (χ0n) is 8.94. The third-order valence-electron chi connectivity index (χ3n) is 4.22. The molecule has 1 saturated heterocycles. The first-order chi connectivity index (χ1) is 6.37. The third kappa shape index (κ3) is 1.76. The summed E-state index contributed by atoms with van der Waals surface area (Å²) in [5, 5.41) is 3.62. The highest BCUT2D eigenvalue weighted by molar-refractivity contribution is 4.96. The molecule has 1 unspecified atom stereocenters. The molecule has 2 rings (SSSR count). The van der Waals surface area contributed by atoms with E-state index in [-0.39, 0.29) is 0 Å². The number of hydrogen-bond donors (Lipinski definition) is 1. The van der Waals surface area contributed by atoms with Crippen LogP contribution in [0.4, 0.5) is 0 Å². The van der Waals surface area contributed by atoms with Gasteiger partial charge in [0.1, 0.15) is 0 Å². The van der Waals surface area contributed by atoms with E-state index >= 15 is 0 Å². The molecule has 1 spiro atoms. The molecular formula is C12H23N. The van der Waals surface area contributed by atoms with Gasteiger partial charge in [-0.3, -0.25) is 0 Å². The van der Waals surface area contributed by atoms with Crippen LogP contribution in [0.1, 0.15) is 51.9 Å². The molecule has 76 valence electrons. The smallest absolute Gasteiger partial charge is 0.00111 e. The predicted molar refractivity (Wildman–Crippen MR) is 56.8 cm³/mol. The summed E-state index contributed by atoms with van der Waals surface area (Å²) in [6.45, 7) is 4.94. The Morgan fingerprint density at radius 2 is 2.00 bits per heavy atom. The first-order valence-corrected chi connectivity index (χ1v) is 6.08. The number of rotatable bonds is 2. The minimum atomic E-state index is 0.730. The van der Waals surface area contributed by atoms with E-state index in [0.29, 0.717) is 0 Å². The molecule has 1 aliphatic carbocycles. The summed E-state index contributed by atoms with van der Waals surface area (Å²) in [5.41, 5.74) is 0.730. The maximum absolute atomic E-state index is 3.62. The monoisotopic (exact) mass is 181 g/mol. The molecule has 0 aromatic heterocycles. The average molecular weight is 181 g/mol. The van der Waals surface area contributed by atoms with E-state index in [1.807, 2.05) is 0 Å². The minimum Gasteiger partial charge on any atom is -0.316 e. The molecule has 1 saturated carbocycles. The molecule has 2 fully saturated rings. The fourth-order valence-electron chi connectivity index (χ4n) is 3.45. The number of nitrogens with one attached hydrogen (secondary N) is 1. The van der Waals surface area contributed by atoms with Crippen molar-refractivity contribution in [2.75, 3.05) is 13.1 Å². The van der Waals surface area contributed by atoms with Crippen molar-refractivity contribution in [1.82, 2.24) is 5.32 Å². The summed E-state index contributed by atoms with van der Waals surface area (Å²) >= 11 is 0. The largest absolute Gasteiger partial charge is 0.316 e. The van der Waals surface area contributed by atoms with Crippen LogP contribution < -0.4 is 5.32 Å². The van der Waals surface area contributed by atoms with Crippen molar-refractivity contribution in [1.29, 1.82) is 0 Å². The average Bonchev–Trinajstić information content (AvgIpc) is 2.52. The van der Waals surface area contributed by atoms with Crippen molar-refractivity contribution in [2.45, 2.75) is 51.9 Å². The first-order valence-electron chi connectivity index (χ1n) is 6.08. The standard InChI is InChI=1S/C12H23N/c1-2-6-11-9-13-10-12(11)7-4-3-5-8-12/h11,13H,2-10H2,1H3. The van der Waals surface area contributed by atoms with E-state index in [1.54, 1.807) is 0 Å². The summed E-state index contributed by atoms with van der Waals surface area (Å²) < 4.78 is 0. The van der Waals surface area contributed by atoms with Crippen LogP contribution in [-0.4, -0.2) is 13.1 Å². The predicted octanol–water partition coefficient (Wildman–Crippen LogP) is 2.96. The fourth-order valence-corrected chi connectivity index (χ4v) is 3.45. The van der Waals surface area contributed by atoms with Crippen LogP contribution in [0.2, 0.25) is 0 Å². The fraction of sp³-hybridized carbons (Fsp3) is 1.00. The third-order valence-corrected chi connectivity index (χ3v) is 4.22. The highest BCUT2D eigenvalue weighted by Gasteiger charge is 2.42. The maximum Gasteiger partial charge on any atom is 0.00111 e. The van der Waals surface area contributed by atoms with E-state index in [9.17, 15) is 0 Å². The molecule has 0 aromatic rings. The summed E-state index contributed by atoms with van der Waals surface area (Å²) in [5.74, 6) is 0.998. The Labute approximate surface area is 82.3 Å². The van der Waals surface area contributed by atoms with E-state index < -0.39 is 0 Å². The molecule has 1 aliphatic heterocycles. The van der Waals surface area contributed by atoms with Gasteiger partial charge in [-0.2, -0.15) is 0 Å². The minimum absolute atomic E-state index is 0.730. The second-order valence-corrected chi connectivity index (χ2v) is 5.04. The van der Waals surface area contributed by atoms with Crippen molar-refractivity contribution >= 4 is 0 Å². The van der Waals surface area contributed by atoms with Gasteiger partial charge in [-0.05, 0) is 37.1 Å². The lowest BCUT2D eigenvalue weighted by atomic mass is 9.66. The van der Waals surface area contributed by atoms with Crippen molar-refractivity contribution in [3.8, 4) is 0 Å². The molecule has 0 amide bonds. The highest BCUT2D eigenvalue weighted by atomic mass is 14.9. The van der Waals surface area contributed by atoms with Crippen LogP contribution in [0.25, 0.3) is 0 Å². The van der Waals surface area contributed by atoms with Gasteiger partial charge >= 0.3 is 0 Å². The van der Waals surface area contributed by atoms with Gasteiger partial charge in [0.25, 0.3) is 0 Å². The number of hydrogen-bond acceptors (Lipinski definition) is 1. The van der Waals surface area contributed by atoms with Crippen LogP contribution in [0.3, 0.4) is 0 Å². The Morgan fingerprint density at radius 1 is 1.23 bits per heavy atom. The lowest BCUT2D eigenvalue weighted by Gasteiger charge is -2.38. The molecule has 0 radical (unpaired) electrons. The van der Waals surface area contributed by atoms with E-state index in [4.69, 9.17) is 0 Å². The van der Waals surface area contributed by atoms with Crippen LogP contribution in [0, 0.1) is 11.3 Å². The van der Waals surface area contributed by atoms with Crippen molar-refractivity contribution in [3.05, 3.63) is 0 Å². The zero-order valence-corrected chi connectivity index (χ0v) is 8.94. The molecular weight excluding hydrogens is 158 g/mol. The SMILES string of the molecule is CCCC1CNCC12CCCCC2. The molecule has 1 N–H and O–H groups in total. The van der Waals surface area contributed by atoms with Gasteiger partial charge in [-0.15, -0.1) is 0 Å². The van der Waals surface area contributed by atoms with Crippen LogP contribution in [0.5, 0.6) is 0 Å². The summed E-state index contributed by atoms with van der Waals surface area (Å²) in [4.78, 5) is 0. The van der Waals surface area contributed by atoms with Gasteiger partial charge in [-0.1, -0.05) is 32.6 Å². The Bertz CT molecular complexity index is 159. The molecule has 1 atom stereocenters. The highest BCUT2D eigenvalue weighted by Crippen LogP contribution is 2.46. The molecule has 1 heteroatoms. The normalized spacial score (nSPS) is 32.5. The molecule has 2 aliphatic rings. The Hall–Kier alpha value is -0.0400. The van der Waals surface area contributed by atoms with Gasteiger partial charge < -0.3 is 5.32 Å². The van der Waals surface area contributed by atoms with Crippen molar-refractivity contribution in [2.24, 2.45) is 11.3 Å². The van der Waals surface area contributed by atoms with Gasteiger partial charge in [0, 0.05) is 6.54 Å². The van der Waals surface area contributed by atoms with E-state index in [1.165, 1.54) is 58.0 Å². The van der Waals surface area contributed by atoms with Gasteiger partial charge in [0.2, 0.25) is 0 Å². The zero-order chi connectivity index (χ0) is 9.15. The lowest BCUT2D eigenvalue weighted by molar-refractivity contribution is 0.140. The van der Waals surface area contributed by atoms with E-state index in [2.05, 4.69) is 12.2 Å². The quantitative estimate of drug-likeness (QED) is 0.690. The molecule has 1 nitrogen and oxygen atoms in total. The topological polar surface area (TPSA) is 12.0 Å². The van der Waals surface area contributed by atoms with Crippen LogP contribution in [-0.2, 0) is 0 Å². The summed E-state index contributed by atoms with van der Waals surface area (Å²) in [7, 11) is 0. The lowest BCUT2D eigenvalue weighted by Crippen LogP contribution is -2.32. The Balaban J connectivity index is 2.00. The summed E-state index contributed by atoms with van der Waals surface area (Å²) in [6, 6.07) is 0. The van der Waals surface area contributed by atoms with Gasteiger partial charge in [0.05, 0.1) is 0 Å². The molecule has 13 heavy (non-hydrogen) atoms. The Morgan fingerprint density at radius 3 is 2.69 bits per heavy atom. The van der Waals surface area contributed by atoms with E-state index in [0.717, 1.165) is 11.3 Å². The molecule has 0 aromatic carbocycles. The van der Waals surface area contributed by atoms with Crippen molar-refractivity contribution < 1.29 is 0 Å². The van der Waals surface area contributed by atoms with Gasteiger partial charge in [-0.25, -0.2) is 0 Å². The first kappa shape index (κ1) is 9.51. The molecule has 1 heterocycles. The van der Waals surface area contributed by atoms with Crippen LogP contribution in [0.15, 0.2) is 0 Å². The molecule has 0 bridgehead atoms.